The van der Waals surface area contributed by atoms with Gasteiger partial charge in [0.15, 0.2) is 0 Å². The summed E-state index contributed by atoms with van der Waals surface area (Å²) in [6.45, 7) is 8.02. The van der Waals surface area contributed by atoms with Crippen LogP contribution in [0.15, 0.2) is 11.6 Å². The van der Waals surface area contributed by atoms with Crippen LogP contribution in [0.3, 0.4) is 0 Å². The molecule has 5 aliphatic rings. The van der Waals surface area contributed by atoms with Gasteiger partial charge in [-0.15, -0.1) is 0 Å². The molecule has 0 aromatic heterocycles. The second kappa shape index (κ2) is 7.30. The molecule has 0 bridgehead atoms. The summed E-state index contributed by atoms with van der Waals surface area (Å²) < 4.78 is 17.0. The molecule has 33 heavy (non-hydrogen) atoms. The van der Waals surface area contributed by atoms with E-state index in [-0.39, 0.29) is 29.5 Å². The predicted octanol–water partition coefficient (Wildman–Crippen LogP) is 3.44. The molecule has 0 radical (unpaired) electrons. The Labute approximate surface area is 195 Å². The van der Waals surface area contributed by atoms with E-state index in [1.54, 1.807) is 6.92 Å². The molecule has 4 fully saturated rings. The van der Waals surface area contributed by atoms with Crippen molar-refractivity contribution in [2.24, 2.45) is 34.3 Å². The average Bonchev–Trinajstić information content (AvgIpc) is 3.36. The number of primary amides is 1. The van der Waals surface area contributed by atoms with Gasteiger partial charge in [0, 0.05) is 18.8 Å². The first-order chi connectivity index (χ1) is 15.6. The smallest absolute Gasteiger partial charge is 0.351 e. The number of hydrogen-bond donors (Lipinski definition) is 1. The number of carbonyl (C=O) groups is 3. The fourth-order valence-electron chi connectivity index (χ4n) is 8.73. The van der Waals surface area contributed by atoms with Crippen LogP contribution in [-0.4, -0.2) is 41.8 Å². The van der Waals surface area contributed by atoms with Crippen molar-refractivity contribution >= 4 is 17.8 Å². The summed E-state index contributed by atoms with van der Waals surface area (Å²) in [5.41, 5.74) is 4.57. The monoisotopic (exact) mass is 459 g/mol. The van der Waals surface area contributed by atoms with Crippen LogP contribution in [0.2, 0.25) is 0 Å². The number of esters is 2. The van der Waals surface area contributed by atoms with Gasteiger partial charge in [-0.3, -0.25) is 9.59 Å². The molecule has 1 saturated heterocycles. The lowest BCUT2D eigenvalue weighted by Gasteiger charge is -2.57. The van der Waals surface area contributed by atoms with E-state index in [9.17, 15) is 14.4 Å². The largest absolute Gasteiger partial charge is 0.463 e. The summed E-state index contributed by atoms with van der Waals surface area (Å²) in [6.07, 6.45) is 9.68. The fourth-order valence-corrected chi connectivity index (χ4v) is 8.73. The van der Waals surface area contributed by atoms with Gasteiger partial charge in [-0.05, 0) is 75.0 Å². The number of fused-ring (bicyclic) bond motifs is 6. The number of ether oxygens (including phenoxy) is 3. The first-order valence-electron chi connectivity index (χ1n) is 12.6. The number of allylic oxidation sites excluding steroid dienone is 1. The lowest BCUT2D eigenvalue weighted by atomic mass is 9.47. The Hall–Kier alpha value is -1.89. The Morgan fingerprint density at radius 1 is 1.12 bits per heavy atom. The topological polar surface area (TPSA) is 108 Å². The Morgan fingerprint density at radius 3 is 2.52 bits per heavy atom. The molecule has 0 aromatic rings. The highest BCUT2D eigenvalue weighted by molar-refractivity contribution is 6.10. The molecule has 182 valence electrons. The molecule has 2 N–H and O–H groups in total. The molecule has 0 unspecified atom stereocenters. The standard InChI is InChI=1S/C26H37NO6/c1-5-31-22(30)26(21(27)29)25(33-26)13-10-20-18-7-6-16-14-17(32-15(2)28)8-11-23(16,3)19(18)9-12-24(20,25)4/h6,17-20H,5,7-14H2,1-4H3,(H2,27,29)/t17-,18-,19+,20-,23-,24-,25+,26-/m0/s1. The molecule has 4 aliphatic carbocycles. The third-order valence-electron chi connectivity index (χ3n) is 10.3. The van der Waals surface area contributed by atoms with Gasteiger partial charge in [-0.2, -0.15) is 0 Å². The minimum absolute atomic E-state index is 0.0115. The van der Waals surface area contributed by atoms with Gasteiger partial charge >= 0.3 is 11.9 Å². The minimum atomic E-state index is -1.64. The third kappa shape index (κ3) is 2.80. The molecule has 1 spiro atoms. The maximum atomic E-state index is 12.9. The molecule has 1 heterocycles. The zero-order valence-electron chi connectivity index (χ0n) is 20.3. The number of nitrogens with two attached hydrogens (primary N) is 1. The quantitative estimate of drug-likeness (QED) is 0.299. The van der Waals surface area contributed by atoms with Crippen LogP contribution in [0, 0.1) is 28.6 Å². The summed E-state index contributed by atoms with van der Waals surface area (Å²) in [6, 6.07) is 0. The number of rotatable bonds is 4. The van der Waals surface area contributed by atoms with Crippen LogP contribution in [0.25, 0.3) is 0 Å². The lowest BCUT2D eigenvalue weighted by molar-refractivity contribution is -0.153. The molecule has 0 aromatic carbocycles. The Kier molecular flexibility index (Phi) is 5.06. The highest BCUT2D eigenvalue weighted by atomic mass is 16.7. The number of amides is 1. The van der Waals surface area contributed by atoms with E-state index in [2.05, 4.69) is 19.9 Å². The maximum absolute atomic E-state index is 12.9. The van der Waals surface area contributed by atoms with Gasteiger partial charge in [0.1, 0.15) is 11.7 Å². The van der Waals surface area contributed by atoms with Gasteiger partial charge in [-0.1, -0.05) is 25.5 Å². The van der Waals surface area contributed by atoms with Crippen molar-refractivity contribution in [3.05, 3.63) is 11.6 Å². The van der Waals surface area contributed by atoms with E-state index >= 15 is 0 Å². The van der Waals surface area contributed by atoms with Crippen molar-refractivity contribution in [2.45, 2.75) is 96.4 Å². The van der Waals surface area contributed by atoms with Gasteiger partial charge < -0.3 is 19.9 Å². The SMILES string of the molecule is CCOC(=O)[C@]1(C(N)=O)O[C@@]12CC[C@H]1[C@H]3CC=C4C[C@@H](OC(C)=O)CC[C@]4(C)[C@@H]3CC[C@@]12C. The molecule has 3 saturated carbocycles. The molecule has 7 heteroatoms. The van der Waals surface area contributed by atoms with E-state index < -0.39 is 23.1 Å². The molecule has 5 rings (SSSR count). The van der Waals surface area contributed by atoms with Crippen molar-refractivity contribution < 1.29 is 28.6 Å². The minimum Gasteiger partial charge on any atom is -0.463 e. The van der Waals surface area contributed by atoms with Crippen LogP contribution in [-0.2, 0) is 28.6 Å². The van der Waals surface area contributed by atoms with Crippen molar-refractivity contribution in [1.29, 1.82) is 0 Å². The average molecular weight is 460 g/mol. The first-order valence-corrected chi connectivity index (χ1v) is 12.6. The Morgan fingerprint density at radius 2 is 1.85 bits per heavy atom. The third-order valence-corrected chi connectivity index (χ3v) is 10.3. The molecule has 8 atom stereocenters. The molecule has 7 nitrogen and oxygen atoms in total. The van der Waals surface area contributed by atoms with Crippen molar-refractivity contribution in [1.82, 2.24) is 0 Å². The van der Waals surface area contributed by atoms with Gasteiger partial charge in [0.2, 0.25) is 0 Å². The number of hydrogen-bond acceptors (Lipinski definition) is 6. The highest BCUT2D eigenvalue weighted by Crippen LogP contribution is 2.75. The zero-order chi connectivity index (χ0) is 23.8. The number of carbonyl (C=O) groups excluding carboxylic acids is 3. The lowest BCUT2D eigenvalue weighted by Crippen LogP contribution is -2.56. The van der Waals surface area contributed by atoms with Crippen LogP contribution in [0.1, 0.15) is 79.1 Å². The van der Waals surface area contributed by atoms with Crippen molar-refractivity contribution in [3.8, 4) is 0 Å². The zero-order valence-corrected chi connectivity index (χ0v) is 20.3. The molecular formula is C26H37NO6. The summed E-state index contributed by atoms with van der Waals surface area (Å²) in [5, 5.41) is 0. The predicted molar refractivity (Wildman–Crippen MR) is 120 cm³/mol. The normalized spacial score (nSPS) is 47.6. The van der Waals surface area contributed by atoms with E-state index in [0.717, 1.165) is 44.9 Å². The summed E-state index contributed by atoms with van der Waals surface area (Å²) >= 11 is 0. The van der Waals surface area contributed by atoms with E-state index in [1.165, 1.54) is 12.5 Å². The van der Waals surface area contributed by atoms with Crippen LogP contribution >= 0.6 is 0 Å². The van der Waals surface area contributed by atoms with Crippen LogP contribution in [0.4, 0.5) is 0 Å². The second-order valence-electron chi connectivity index (χ2n) is 11.4. The van der Waals surface area contributed by atoms with Gasteiger partial charge in [-0.25, -0.2) is 4.79 Å². The number of epoxide rings is 1. The molecule has 1 amide bonds. The van der Waals surface area contributed by atoms with Crippen molar-refractivity contribution in [3.63, 3.8) is 0 Å². The van der Waals surface area contributed by atoms with Crippen molar-refractivity contribution in [2.75, 3.05) is 6.61 Å². The summed E-state index contributed by atoms with van der Waals surface area (Å²) in [5.74, 6) is -0.138. The first kappa shape index (κ1) is 22.9. The van der Waals surface area contributed by atoms with Crippen LogP contribution in [0.5, 0.6) is 0 Å². The Balaban J connectivity index is 1.43. The maximum Gasteiger partial charge on any atom is 0.351 e. The fraction of sp³-hybridized carbons (Fsp3) is 0.808. The van der Waals surface area contributed by atoms with Gasteiger partial charge in [0.25, 0.3) is 11.5 Å². The summed E-state index contributed by atoms with van der Waals surface area (Å²) in [7, 11) is 0. The van der Waals surface area contributed by atoms with Crippen LogP contribution < -0.4 is 5.73 Å². The summed E-state index contributed by atoms with van der Waals surface area (Å²) in [4.78, 5) is 36.9. The Bertz CT molecular complexity index is 930. The van der Waals surface area contributed by atoms with E-state index in [4.69, 9.17) is 19.9 Å². The second-order valence-corrected chi connectivity index (χ2v) is 11.4. The van der Waals surface area contributed by atoms with E-state index in [0.29, 0.717) is 24.2 Å². The van der Waals surface area contributed by atoms with E-state index in [1.807, 2.05) is 0 Å². The highest BCUT2D eigenvalue weighted by Gasteiger charge is 2.88. The molecule has 1 aliphatic heterocycles. The van der Waals surface area contributed by atoms with Gasteiger partial charge in [0.05, 0.1) is 6.61 Å². The molecular weight excluding hydrogens is 422 g/mol.